The molecule has 0 aliphatic heterocycles. The highest BCUT2D eigenvalue weighted by atomic mass is 16.3. The van der Waals surface area contributed by atoms with Crippen LogP contribution in [0.1, 0.15) is 86.0 Å². The Kier molecular flexibility index (Phi) is 6.23. The lowest BCUT2D eigenvalue weighted by atomic mass is 9.46. The van der Waals surface area contributed by atoms with Crippen LogP contribution < -0.4 is 0 Å². The van der Waals surface area contributed by atoms with Gasteiger partial charge in [-0.2, -0.15) is 0 Å². The van der Waals surface area contributed by atoms with Gasteiger partial charge in [-0.05, 0) is 100 Å². The molecule has 0 spiro atoms. The first-order valence-corrected chi connectivity index (χ1v) is 12.9. The zero-order valence-electron chi connectivity index (χ0n) is 20.9. The normalized spacial score (nSPS) is 47.3. The lowest BCUT2D eigenvalue weighted by Gasteiger charge is -2.60. The van der Waals surface area contributed by atoms with Gasteiger partial charge in [0.15, 0.2) is 5.78 Å². The molecule has 0 aromatic rings. The molecule has 4 aliphatic rings. The van der Waals surface area contributed by atoms with E-state index in [0.29, 0.717) is 25.7 Å². The molecule has 0 aromatic heterocycles. The number of hydrogen-bond acceptors (Lipinski definition) is 6. The number of hydrogen-bond donors (Lipinski definition) is 5. The van der Waals surface area contributed by atoms with Gasteiger partial charge in [0.2, 0.25) is 0 Å². The smallest absolute Gasteiger partial charge is 0.159 e. The Morgan fingerprint density at radius 2 is 1.79 bits per heavy atom. The molecule has 6 nitrogen and oxygen atoms in total. The fourth-order valence-corrected chi connectivity index (χ4v) is 8.29. The molecular weight excluding hydrogens is 420 g/mol. The van der Waals surface area contributed by atoms with Crippen molar-refractivity contribution in [1.82, 2.24) is 0 Å². The minimum absolute atomic E-state index is 0.00888. The van der Waals surface area contributed by atoms with Crippen LogP contribution in [0.4, 0.5) is 0 Å². The van der Waals surface area contributed by atoms with E-state index in [1.54, 1.807) is 19.9 Å². The van der Waals surface area contributed by atoms with Gasteiger partial charge in [-0.3, -0.25) is 4.79 Å². The maximum atomic E-state index is 13.2. The topological polar surface area (TPSA) is 118 Å². The van der Waals surface area contributed by atoms with Gasteiger partial charge in [0.25, 0.3) is 0 Å². The van der Waals surface area contributed by atoms with Crippen LogP contribution in [-0.4, -0.2) is 60.8 Å². The van der Waals surface area contributed by atoms with Crippen LogP contribution in [0.3, 0.4) is 0 Å². The Bertz CT molecular complexity index is 816. The monoisotopic (exact) mass is 464 g/mol. The van der Waals surface area contributed by atoms with E-state index in [1.165, 1.54) is 0 Å². The minimum atomic E-state index is -1.10. The molecule has 0 aromatic carbocycles. The largest absolute Gasteiger partial charge is 0.393 e. The number of carbonyl (C=O) groups excluding carboxylic acids is 1. The molecule has 4 aliphatic carbocycles. The number of ketones is 1. The van der Waals surface area contributed by atoms with Gasteiger partial charge >= 0.3 is 0 Å². The third-order valence-corrected chi connectivity index (χ3v) is 10.5. The Hall–Kier alpha value is -0.790. The summed E-state index contributed by atoms with van der Waals surface area (Å²) in [5.41, 5.74) is -2.01. The Balaban J connectivity index is 1.62. The summed E-state index contributed by atoms with van der Waals surface area (Å²) in [4.78, 5) is 13.2. The van der Waals surface area contributed by atoms with E-state index >= 15 is 0 Å². The molecule has 2 unspecified atom stereocenters. The van der Waals surface area contributed by atoms with Crippen molar-refractivity contribution in [3.05, 3.63) is 11.6 Å². The van der Waals surface area contributed by atoms with Crippen LogP contribution in [0.5, 0.6) is 0 Å². The number of fused-ring (bicyclic) bond motifs is 5. The van der Waals surface area contributed by atoms with Crippen LogP contribution in [0, 0.1) is 34.5 Å². The zero-order valence-corrected chi connectivity index (χ0v) is 20.9. The number of carbonyl (C=O) groups is 1. The van der Waals surface area contributed by atoms with Crippen molar-refractivity contribution >= 4 is 5.78 Å². The van der Waals surface area contributed by atoms with Crippen molar-refractivity contribution < 1.29 is 30.3 Å². The molecule has 0 radical (unpaired) electrons. The molecular formula is C27H44O6. The Morgan fingerprint density at radius 3 is 2.42 bits per heavy atom. The first kappa shape index (κ1) is 25.3. The van der Waals surface area contributed by atoms with Crippen molar-refractivity contribution in [1.29, 1.82) is 0 Å². The predicted molar refractivity (Wildman–Crippen MR) is 125 cm³/mol. The molecule has 6 heteroatoms. The first-order chi connectivity index (χ1) is 15.1. The summed E-state index contributed by atoms with van der Waals surface area (Å²) in [7, 11) is 0. The second-order valence-corrected chi connectivity index (χ2v) is 12.9. The summed E-state index contributed by atoms with van der Waals surface area (Å²) < 4.78 is 0. The molecule has 188 valence electrons. The van der Waals surface area contributed by atoms with Crippen molar-refractivity contribution in [3.8, 4) is 0 Å². The average Bonchev–Trinajstić information content (AvgIpc) is 2.99. The fourth-order valence-electron chi connectivity index (χ4n) is 8.29. The molecule has 0 bridgehead atoms. The van der Waals surface area contributed by atoms with Crippen LogP contribution in [0.15, 0.2) is 11.6 Å². The SMILES string of the molecule is C[C@@H](C1CC[C@@]2(O)C3=CC(=O)[C@@H]4C[C@@H](O)[C@@H](O)C[C@]4(C)C3CC[C@]12C)[C@H](O)CCC(C)(C)O. The number of aliphatic hydroxyl groups is 5. The lowest BCUT2D eigenvalue weighted by molar-refractivity contribution is -0.154. The summed E-state index contributed by atoms with van der Waals surface area (Å²) in [6.45, 7) is 9.74. The van der Waals surface area contributed by atoms with E-state index in [1.807, 2.05) is 0 Å². The molecule has 0 amide bonds. The summed E-state index contributed by atoms with van der Waals surface area (Å²) in [6, 6.07) is 0. The van der Waals surface area contributed by atoms with Crippen LogP contribution >= 0.6 is 0 Å². The van der Waals surface area contributed by atoms with E-state index in [2.05, 4.69) is 20.8 Å². The molecule has 5 N–H and O–H groups in total. The van der Waals surface area contributed by atoms with Crippen molar-refractivity contribution in [2.45, 2.75) is 115 Å². The summed E-state index contributed by atoms with van der Waals surface area (Å²) in [6.07, 6.45) is 4.06. The summed E-state index contributed by atoms with van der Waals surface area (Å²) >= 11 is 0. The van der Waals surface area contributed by atoms with Gasteiger partial charge < -0.3 is 25.5 Å². The second kappa shape index (κ2) is 8.12. The van der Waals surface area contributed by atoms with E-state index in [4.69, 9.17) is 0 Å². The molecule has 3 saturated carbocycles. The highest BCUT2D eigenvalue weighted by Crippen LogP contribution is 2.68. The maximum absolute atomic E-state index is 13.2. The predicted octanol–water partition coefficient (Wildman–Crippen LogP) is 2.74. The van der Waals surface area contributed by atoms with Crippen molar-refractivity contribution in [3.63, 3.8) is 0 Å². The van der Waals surface area contributed by atoms with Crippen LogP contribution in [-0.2, 0) is 4.79 Å². The third kappa shape index (κ3) is 3.85. The van der Waals surface area contributed by atoms with Crippen LogP contribution in [0.2, 0.25) is 0 Å². The van der Waals surface area contributed by atoms with E-state index in [0.717, 1.165) is 24.8 Å². The van der Waals surface area contributed by atoms with E-state index in [-0.39, 0.29) is 35.9 Å². The lowest BCUT2D eigenvalue weighted by Crippen LogP contribution is -2.61. The quantitative estimate of drug-likeness (QED) is 0.427. The number of aliphatic hydroxyl groups excluding tert-OH is 3. The average molecular weight is 465 g/mol. The molecule has 10 atom stereocenters. The second-order valence-electron chi connectivity index (χ2n) is 12.9. The third-order valence-electron chi connectivity index (χ3n) is 10.5. The maximum Gasteiger partial charge on any atom is 0.159 e. The highest BCUT2D eigenvalue weighted by molar-refractivity contribution is 5.95. The van der Waals surface area contributed by atoms with Crippen LogP contribution in [0.25, 0.3) is 0 Å². The molecule has 4 rings (SSSR count). The van der Waals surface area contributed by atoms with E-state index < -0.39 is 40.3 Å². The van der Waals surface area contributed by atoms with Crippen molar-refractivity contribution in [2.75, 3.05) is 0 Å². The molecule has 0 saturated heterocycles. The Labute approximate surface area is 198 Å². The Morgan fingerprint density at radius 1 is 1.12 bits per heavy atom. The summed E-state index contributed by atoms with van der Waals surface area (Å²) in [5, 5.41) is 53.9. The molecule has 33 heavy (non-hydrogen) atoms. The summed E-state index contributed by atoms with van der Waals surface area (Å²) in [5.74, 6) is -0.264. The first-order valence-electron chi connectivity index (χ1n) is 12.9. The number of allylic oxidation sites excluding steroid dienone is 1. The molecule has 3 fully saturated rings. The standard InChI is InChI=1S/C27H44O6/c1-15(20(28)8-9-24(2,3)32)16-7-11-27(33)18-12-21(29)19-13-22(30)23(31)14-25(19,4)17(18)6-10-26(16,27)5/h12,15-17,19-20,22-23,28,30-33H,6-11,13-14H2,1-5H3/t15-,16?,17?,19-,20+,22+,23-,25+,26+,27+/m0/s1. The highest BCUT2D eigenvalue weighted by Gasteiger charge is 2.67. The van der Waals surface area contributed by atoms with Crippen molar-refractivity contribution in [2.24, 2.45) is 34.5 Å². The van der Waals surface area contributed by atoms with E-state index in [9.17, 15) is 30.3 Å². The van der Waals surface area contributed by atoms with Gasteiger partial charge in [0.1, 0.15) is 0 Å². The zero-order chi connectivity index (χ0) is 24.6. The van der Waals surface area contributed by atoms with Gasteiger partial charge in [-0.1, -0.05) is 20.8 Å². The number of rotatable bonds is 5. The van der Waals surface area contributed by atoms with Gasteiger partial charge in [0, 0.05) is 11.3 Å². The van der Waals surface area contributed by atoms with Gasteiger partial charge in [0.05, 0.1) is 29.5 Å². The minimum Gasteiger partial charge on any atom is -0.393 e. The van der Waals surface area contributed by atoms with Gasteiger partial charge in [-0.25, -0.2) is 0 Å². The fraction of sp³-hybridized carbons (Fsp3) is 0.889. The molecule has 0 heterocycles. The van der Waals surface area contributed by atoms with Gasteiger partial charge in [-0.15, -0.1) is 0 Å².